The number of alkyl halides is 6. The molecule has 2 aromatic rings. The van der Waals surface area contributed by atoms with Crippen LogP contribution in [0.5, 0.6) is 0 Å². The fraction of sp³-hybridized carbons (Fsp3) is 0.478. The van der Waals surface area contributed by atoms with E-state index in [1.807, 2.05) is 36.1 Å². The van der Waals surface area contributed by atoms with Gasteiger partial charge < -0.3 is 20.0 Å². The summed E-state index contributed by atoms with van der Waals surface area (Å²) in [5.41, 5.74) is 1.66. The first-order chi connectivity index (χ1) is 18.0. The van der Waals surface area contributed by atoms with E-state index in [-0.39, 0.29) is 11.3 Å². The first-order valence-corrected chi connectivity index (χ1v) is 11.4. The van der Waals surface area contributed by atoms with Crippen molar-refractivity contribution in [1.29, 1.82) is 0 Å². The zero-order chi connectivity index (χ0) is 29.4. The van der Waals surface area contributed by atoms with Gasteiger partial charge in [0.05, 0.1) is 17.7 Å². The van der Waals surface area contributed by atoms with Crippen LogP contribution < -0.4 is 4.90 Å². The lowest BCUT2D eigenvalue weighted by Gasteiger charge is -2.39. The lowest BCUT2D eigenvalue weighted by Crippen LogP contribution is -2.48. The Bertz CT molecular complexity index is 1120. The van der Waals surface area contributed by atoms with E-state index in [1.165, 1.54) is 0 Å². The Kier molecular flexibility index (Phi) is 10.2. The minimum atomic E-state index is -5.08. The van der Waals surface area contributed by atoms with Crippen molar-refractivity contribution in [3.63, 3.8) is 0 Å². The number of carboxylic acid groups (broad SMARTS) is 2. The van der Waals surface area contributed by atoms with Crippen LogP contribution in [0.4, 0.5) is 32.3 Å². The Morgan fingerprint density at radius 3 is 2.03 bits per heavy atom. The molecule has 39 heavy (non-hydrogen) atoms. The third-order valence-electron chi connectivity index (χ3n) is 5.80. The van der Waals surface area contributed by atoms with Gasteiger partial charge in [0.15, 0.2) is 0 Å². The van der Waals surface area contributed by atoms with Crippen LogP contribution in [0.15, 0.2) is 36.7 Å². The Morgan fingerprint density at radius 1 is 0.949 bits per heavy atom. The molecule has 1 amide bonds. The molecule has 1 atom stereocenters. The smallest absolute Gasteiger partial charge is 0.475 e. The highest BCUT2D eigenvalue weighted by Gasteiger charge is 2.49. The number of likely N-dealkylation sites (tertiary alicyclic amines) is 1. The van der Waals surface area contributed by atoms with Gasteiger partial charge in [-0.1, -0.05) is 6.07 Å². The predicted octanol–water partition coefficient (Wildman–Crippen LogP) is 3.47. The van der Waals surface area contributed by atoms with E-state index in [0.717, 1.165) is 49.7 Å². The van der Waals surface area contributed by atoms with E-state index in [2.05, 4.69) is 19.9 Å². The summed E-state index contributed by atoms with van der Waals surface area (Å²) in [7, 11) is 0. The second-order valence-corrected chi connectivity index (χ2v) is 8.71. The lowest BCUT2D eigenvalue weighted by atomic mass is 9.78. The number of carbonyl (C=O) groups is 3. The maximum Gasteiger partial charge on any atom is 0.490 e. The van der Waals surface area contributed by atoms with Gasteiger partial charge in [-0.15, -0.1) is 0 Å². The van der Waals surface area contributed by atoms with E-state index >= 15 is 0 Å². The van der Waals surface area contributed by atoms with Crippen molar-refractivity contribution in [2.24, 2.45) is 5.41 Å². The molecule has 1 unspecified atom stereocenters. The molecule has 0 aromatic carbocycles. The number of aromatic nitrogens is 3. The van der Waals surface area contributed by atoms with Crippen molar-refractivity contribution in [1.82, 2.24) is 19.9 Å². The van der Waals surface area contributed by atoms with Gasteiger partial charge in [0.25, 0.3) is 0 Å². The number of pyridine rings is 1. The molecule has 2 aliphatic rings. The fourth-order valence-corrected chi connectivity index (χ4v) is 4.06. The van der Waals surface area contributed by atoms with Crippen LogP contribution >= 0.6 is 0 Å². The fourth-order valence-electron chi connectivity index (χ4n) is 4.06. The summed E-state index contributed by atoms with van der Waals surface area (Å²) in [6, 6.07) is 7.80. The van der Waals surface area contributed by atoms with Crippen LogP contribution in [-0.4, -0.2) is 79.9 Å². The van der Waals surface area contributed by atoms with Gasteiger partial charge in [0.1, 0.15) is 0 Å². The maximum absolute atomic E-state index is 13.2. The van der Waals surface area contributed by atoms with Crippen molar-refractivity contribution in [2.75, 3.05) is 24.5 Å². The molecular formula is C23H25F6N5O5. The summed E-state index contributed by atoms with van der Waals surface area (Å²) in [5, 5.41) is 14.2. The molecular weight excluding hydrogens is 540 g/mol. The summed E-state index contributed by atoms with van der Waals surface area (Å²) in [6.07, 6.45) is -3.79. The number of aliphatic carboxylic acids is 2. The number of rotatable bonds is 3. The molecule has 2 saturated heterocycles. The summed E-state index contributed by atoms with van der Waals surface area (Å²) >= 11 is 0. The van der Waals surface area contributed by atoms with Crippen LogP contribution in [0.3, 0.4) is 0 Å². The van der Waals surface area contributed by atoms with Gasteiger partial charge in [-0.2, -0.15) is 26.3 Å². The number of piperidine rings is 1. The summed E-state index contributed by atoms with van der Waals surface area (Å²) < 4.78 is 63.5. The van der Waals surface area contributed by atoms with Gasteiger partial charge >= 0.3 is 24.3 Å². The molecule has 2 aliphatic heterocycles. The average Bonchev–Trinajstić information content (AvgIpc) is 3.13. The van der Waals surface area contributed by atoms with E-state index in [9.17, 15) is 31.1 Å². The van der Waals surface area contributed by atoms with E-state index in [1.54, 1.807) is 12.4 Å². The third-order valence-corrected chi connectivity index (χ3v) is 5.80. The standard InChI is InChI=1S/C19H23N5O.2C2HF3O2/c1-15-5-2-6-16(22-15)13-23-12-8-19(17(23)25)7-3-11-24(14-19)18-20-9-4-10-21-18;2*3-2(4,5)1(6)7/h2,4-6,9-10H,3,7-8,11-14H2,1H3;2*(H,6,7). The van der Waals surface area contributed by atoms with Crippen molar-refractivity contribution in [3.05, 3.63) is 48.0 Å². The Morgan fingerprint density at radius 2 is 1.51 bits per heavy atom. The molecule has 1 spiro atoms. The molecule has 2 N–H and O–H groups in total. The van der Waals surface area contributed by atoms with Crippen LogP contribution in [0.1, 0.15) is 30.7 Å². The van der Waals surface area contributed by atoms with E-state index < -0.39 is 24.3 Å². The van der Waals surface area contributed by atoms with Crippen molar-refractivity contribution >= 4 is 23.8 Å². The number of hydrogen-bond donors (Lipinski definition) is 2. The van der Waals surface area contributed by atoms with Crippen LogP contribution in [0.2, 0.25) is 0 Å². The number of carboxylic acids is 2. The number of carbonyl (C=O) groups excluding carboxylic acids is 1. The molecule has 2 fully saturated rings. The zero-order valence-corrected chi connectivity index (χ0v) is 20.5. The molecule has 0 bridgehead atoms. The quantitative estimate of drug-likeness (QED) is 0.536. The van der Waals surface area contributed by atoms with Crippen molar-refractivity contribution in [3.8, 4) is 0 Å². The van der Waals surface area contributed by atoms with Crippen LogP contribution in [0, 0.1) is 12.3 Å². The van der Waals surface area contributed by atoms with E-state index in [4.69, 9.17) is 19.8 Å². The topological polar surface area (TPSA) is 137 Å². The number of hydrogen-bond acceptors (Lipinski definition) is 7. The normalized spacial score (nSPS) is 19.1. The summed E-state index contributed by atoms with van der Waals surface area (Å²) in [4.78, 5) is 48.4. The molecule has 2 aromatic heterocycles. The lowest BCUT2D eigenvalue weighted by molar-refractivity contribution is -0.193. The van der Waals surface area contributed by atoms with Gasteiger partial charge in [0.2, 0.25) is 11.9 Å². The summed E-state index contributed by atoms with van der Waals surface area (Å²) in [5.74, 6) is -4.52. The number of halogens is 6. The second kappa shape index (κ2) is 12.7. The molecule has 4 heterocycles. The van der Waals surface area contributed by atoms with Crippen LogP contribution in [-0.2, 0) is 20.9 Å². The molecule has 4 rings (SSSR count). The van der Waals surface area contributed by atoms with Gasteiger partial charge in [-0.05, 0) is 44.4 Å². The van der Waals surface area contributed by atoms with Gasteiger partial charge in [0, 0.05) is 37.7 Å². The minimum absolute atomic E-state index is 0.261. The molecule has 0 saturated carbocycles. The molecule has 214 valence electrons. The van der Waals surface area contributed by atoms with Crippen molar-refractivity contribution in [2.45, 2.75) is 45.1 Å². The largest absolute Gasteiger partial charge is 0.490 e. The first kappa shape index (κ1) is 31.2. The number of anilines is 1. The molecule has 0 radical (unpaired) electrons. The first-order valence-electron chi connectivity index (χ1n) is 11.4. The minimum Gasteiger partial charge on any atom is -0.475 e. The SMILES string of the molecule is Cc1cccc(CN2CCC3(CCCN(c4ncccn4)C3)C2=O)n1.O=C(O)C(F)(F)F.O=C(O)C(F)(F)F. The highest BCUT2D eigenvalue weighted by molar-refractivity contribution is 5.85. The van der Waals surface area contributed by atoms with E-state index in [0.29, 0.717) is 13.1 Å². The highest BCUT2D eigenvalue weighted by Crippen LogP contribution is 2.41. The Balaban J connectivity index is 0.000000317. The number of aryl methyl sites for hydroxylation is 1. The average molecular weight is 565 g/mol. The van der Waals surface area contributed by atoms with Gasteiger partial charge in [-0.25, -0.2) is 19.6 Å². The molecule has 10 nitrogen and oxygen atoms in total. The predicted molar refractivity (Wildman–Crippen MR) is 122 cm³/mol. The maximum atomic E-state index is 13.2. The van der Waals surface area contributed by atoms with Crippen LogP contribution in [0.25, 0.3) is 0 Å². The van der Waals surface area contributed by atoms with Gasteiger partial charge in [-0.3, -0.25) is 9.78 Å². The number of amides is 1. The summed E-state index contributed by atoms with van der Waals surface area (Å²) in [6.45, 7) is 5.02. The zero-order valence-electron chi connectivity index (χ0n) is 20.5. The molecule has 16 heteroatoms. The van der Waals surface area contributed by atoms with Crippen molar-refractivity contribution < 1.29 is 50.9 Å². The Labute approximate surface area is 218 Å². The monoisotopic (exact) mass is 565 g/mol. The Hall–Kier alpha value is -3.98. The molecule has 0 aliphatic carbocycles. The number of nitrogens with zero attached hydrogens (tertiary/aromatic N) is 5. The second-order valence-electron chi connectivity index (χ2n) is 8.71. The highest BCUT2D eigenvalue weighted by atomic mass is 19.4. The third kappa shape index (κ3) is 9.07.